The number of nitrogens with one attached hydrogen (secondary N) is 5. The lowest BCUT2D eigenvalue weighted by atomic mass is 10.0. The number of phenols is 1. The zero-order valence-electron chi connectivity index (χ0n) is 37.3. The molecule has 27 N–H and O–H groups in total. The second-order valence-corrected chi connectivity index (χ2v) is 15.1. The number of nitrogens with two attached hydrogens (primary N) is 10. The predicted molar refractivity (Wildman–Crippen MR) is 264 cm³/mol. The first kappa shape index (κ1) is 51.9. The van der Waals surface area contributed by atoms with Crippen molar-refractivity contribution in [1.82, 2.24) is 26.6 Å². The SMILES string of the molecule is NC(=O)C(N=C(N)N)NC(=O)C(N=C(N)N)NC(=O)C(N=C(N)N)NC(=O)C(N=C(N)N)NC(=O)C(NC(=O)C(O)N(Cc1c(O)ccc2ccccc12)c1ccc2ccccc2c1N)c1ccccc1. The van der Waals surface area contributed by atoms with Crippen molar-refractivity contribution in [3.05, 3.63) is 114 Å². The molecule has 0 aliphatic carbocycles. The summed E-state index contributed by atoms with van der Waals surface area (Å²) in [4.78, 5) is 96.9. The Balaban J connectivity index is 1.45. The number of aromatic hydroxyl groups is 1. The second kappa shape index (κ2) is 23.1. The number of aliphatic imine (C=N–C) groups is 4. The minimum Gasteiger partial charge on any atom is -0.508 e. The lowest BCUT2D eigenvalue weighted by molar-refractivity contribution is -0.136. The monoisotopic (exact) mass is 976 g/mol. The van der Waals surface area contributed by atoms with E-state index in [1.54, 1.807) is 54.6 Å². The van der Waals surface area contributed by atoms with Crippen LogP contribution in [0.1, 0.15) is 17.2 Å². The molecule has 6 unspecified atom stereocenters. The molecule has 5 rings (SSSR count). The zero-order chi connectivity index (χ0) is 52.1. The molecule has 0 radical (unpaired) electrons. The second-order valence-electron chi connectivity index (χ2n) is 15.1. The number of fused-ring (bicyclic) bond motifs is 2. The molecule has 6 atom stereocenters. The van der Waals surface area contributed by atoms with Crippen molar-refractivity contribution in [3.8, 4) is 5.75 Å². The molecule has 28 nitrogen and oxygen atoms in total. The zero-order valence-corrected chi connectivity index (χ0v) is 37.3. The first-order chi connectivity index (χ1) is 33.6. The third kappa shape index (κ3) is 13.5. The molecule has 0 aromatic heterocycles. The predicted octanol–water partition coefficient (Wildman–Crippen LogP) is -5.19. The average molecular weight is 977 g/mol. The molecule has 0 saturated carbocycles. The van der Waals surface area contributed by atoms with E-state index < -0.39 is 96.2 Å². The van der Waals surface area contributed by atoms with Gasteiger partial charge in [0.2, 0.25) is 36.8 Å². The van der Waals surface area contributed by atoms with Crippen LogP contribution in [0, 0.1) is 0 Å². The van der Waals surface area contributed by atoms with Gasteiger partial charge in [0.1, 0.15) is 11.8 Å². The number of guanidine groups is 4. The molecule has 0 fully saturated rings. The molecule has 0 bridgehead atoms. The van der Waals surface area contributed by atoms with E-state index in [0.29, 0.717) is 16.3 Å². The van der Waals surface area contributed by atoms with Gasteiger partial charge in [-0.25, -0.2) is 20.0 Å². The van der Waals surface area contributed by atoms with Crippen LogP contribution in [0.15, 0.2) is 123 Å². The van der Waals surface area contributed by atoms with Crippen molar-refractivity contribution in [2.75, 3.05) is 10.6 Å². The van der Waals surface area contributed by atoms with E-state index in [4.69, 9.17) is 57.3 Å². The molecule has 0 heterocycles. The first-order valence-corrected chi connectivity index (χ1v) is 20.8. The normalized spacial score (nSPS) is 13.3. The molecule has 5 aromatic carbocycles. The number of aliphatic hydroxyl groups is 1. The Kier molecular flexibility index (Phi) is 16.8. The summed E-state index contributed by atoms with van der Waals surface area (Å²) in [5.41, 5.74) is 56.6. The van der Waals surface area contributed by atoms with Gasteiger partial charge in [-0.05, 0) is 33.9 Å². The van der Waals surface area contributed by atoms with Crippen LogP contribution >= 0.6 is 0 Å². The summed E-state index contributed by atoms with van der Waals surface area (Å²) in [6, 6.07) is 26.6. The van der Waals surface area contributed by atoms with Crippen LogP contribution in [-0.4, -0.2) is 100 Å². The quantitative estimate of drug-likeness (QED) is 0.0150. The maximum Gasteiger partial charge on any atom is 0.270 e. The fourth-order valence-electron chi connectivity index (χ4n) is 6.89. The fourth-order valence-corrected chi connectivity index (χ4v) is 6.89. The number of nitrogen functional groups attached to an aromatic ring is 1. The summed E-state index contributed by atoms with van der Waals surface area (Å²) in [6.07, 6.45) is -10.4. The summed E-state index contributed by atoms with van der Waals surface area (Å²) in [6.45, 7) is -0.285. The number of rotatable bonds is 20. The topological polar surface area (TPSA) is 516 Å². The standard InChI is InChI=1S/C43H52N20O8/c44-27-23-13-7-5-9-20(23)14-16-25(27)63(18-24-22-12-6-4-8-19(22)15-17-26(24)64)39(71)38(70)54-28(21-10-2-1-3-11-21)34(66)56-31(60-41(48)49)36(68)58-33(62-43(52)53)37(69)57-32(61-42(50)51)35(67)55-30(29(45)65)59-40(46)47/h1-17,28,30-33,39,64,71H,18,44H2,(H2,45,65)(H,54,70)(H,55,67)(H,56,66)(H,57,69)(H,58,68)(H4,46,47,59)(H4,48,49,60)(H4,50,51,61)(H4,52,53,62). The van der Waals surface area contributed by atoms with E-state index in [2.05, 4.69) is 35.9 Å². The summed E-state index contributed by atoms with van der Waals surface area (Å²) in [5.74, 6) is -10.7. The number of primary amides is 1. The van der Waals surface area contributed by atoms with Crippen LogP contribution in [0.3, 0.4) is 0 Å². The Labute approximate surface area is 402 Å². The Hall–Kier alpha value is -10.1. The van der Waals surface area contributed by atoms with E-state index in [9.17, 15) is 39.0 Å². The van der Waals surface area contributed by atoms with Gasteiger partial charge in [-0.15, -0.1) is 0 Å². The number of anilines is 2. The highest BCUT2D eigenvalue weighted by molar-refractivity contribution is 6.02. The van der Waals surface area contributed by atoms with Gasteiger partial charge in [-0.3, -0.25) is 28.8 Å². The average Bonchev–Trinajstić information content (AvgIpc) is 3.31. The van der Waals surface area contributed by atoms with Gasteiger partial charge < -0.3 is 99.0 Å². The molecule has 0 spiro atoms. The number of amides is 6. The minimum atomic E-state index is -2.16. The van der Waals surface area contributed by atoms with Gasteiger partial charge in [0.25, 0.3) is 29.5 Å². The van der Waals surface area contributed by atoms with Crippen molar-refractivity contribution in [3.63, 3.8) is 0 Å². The molecule has 372 valence electrons. The molecule has 0 saturated heterocycles. The van der Waals surface area contributed by atoms with Crippen molar-refractivity contribution in [2.24, 2.45) is 71.6 Å². The van der Waals surface area contributed by atoms with Gasteiger partial charge in [0.05, 0.1) is 17.9 Å². The minimum absolute atomic E-state index is 0.123. The molecular weight excluding hydrogens is 925 g/mol. The Morgan fingerprint density at radius 3 is 1.42 bits per heavy atom. The third-order valence-corrected chi connectivity index (χ3v) is 10.1. The van der Waals surface area contributed by atoms with Crippen LogP contribution in [0.4, 0.5) is 11.4 Å². The largest absolute Gasteiger partial charge is 0.508 e. The maximum atomic E-state index is 14.4. The highest BCUT2D eigenvalue weighted by atomic mass is 16.3. The van der Waals surface area contributed by atoms with Crippen LogP contribution in [0.5, 0.6) is 5.75 Å². The highest BCUT2D eigenvalue weighted by Gasteiger charge is 2.35. The summed E-state index contributed by atoms with van der Waals surface area (Å²) in [7, 11) is 0. The van der Waals surface area contributed by atoms with Crippen molar-refractivity contribution in [1.29, 1.82) is 0 Å². The Bertz CT molecular complexity index is 2930. The smallest absolute Gasteiger partial charge is 0.270 e. The lowest BCUT2D eigenvalue weighted by Crippen LogP contribution is -2.58. The first-order valence-electron chi connectivity index (χ1n) is 20.8. The van der Waals surface area contributed by atoms with E-state index in [1.807, 2.05) is 28.8 Å². The van der Waals surface area contributed by atoms with E-state index >= 15 is 0 Å². The number of benzene rings is 5. The Morgan fingerprint density at radius 2 is 0.915 bits per heavy atom. The van der Waals surface area contributed by atoms with Crippen LogP contribution < -0.4 is 88.8 Å². The summed E-state index contributed by atoms with van der Waals surface area (Å²) < 4.78 is 0. The van der Waals surface area contributed by atoms with Crippen LogP contribution in [-0.2, 0) is 35.3 Å². The van der Waals surface area contributed by atoms with Gasteiger partial charge in [0.15, 0.2) is 23.8 Å². The molecular formula is C43H52N20O8. The molecule has 5 aromatic rings. The molecule has 6 amide bonds. The third-order valence-electron chi connectivity index (χ3n) is 10.1. The van der Waals surface area contributed by atoms with Gasteiger partial charge in [-0.1, -0.05) is 91.0 Å². The van der Waals surface area contributed by atoms with E-state index in [1.165, 1.54) is 35.2 Å². The van der Waals surface area contributed by atoms with Crippen molar-refractivity contribution in [2.45, 2.75) is 43.5 Å². The van der Waals surface area contributed by atoms with E-state index in [0.717, 1.165) is 10.8 Å². The van der Waals surface area contributed by atoms with Crippen LogP contribution in [0.25, 0.3) is 21.5 Å². The molecule has 0 aliphatic heterocycles. The number of carbonyl (C=O) groups is 6. The van der Waals surface area contributed by atoms with Crippen molar-refractivity contribution >= 4 is 92.2 Å². The van der Waals surface area contributed by atoms with Gasteiger partial charge in [0, 0.05) is 10.9 Å². The lowest BCUT2D eigenvalue weighted by Gasteiger charge is -2.32. The number of hydrogen-bond donors (Lipinski definition) is 17. The van der Waals surface area contributed by atoms with Gasteiger partial charge in [-0.2, -0.15) is 0 Å². The van der Waals surface area contributed by atoms with E-state index in [-0.39, 0.29) is 29.2 Å². The highest BCUT2D eigenvalue weighted by Crippen LogP contribution is 2.36. The van der Waals surface area contributed by atoms with Gasteiger partial charge >= 0.3 is 0 Å². The number of aliphatic hydroxyl groups excluding tert-OH is 1. The molecule has 0 aliphatic rings. The Morgan fingerprint density at radius 1 is 0.493 bits per heavy atom. The number of phenolic OH excluding ortho intramolecular Hbond substituents is 1. The summed E-state index contributed by atoms with van der Waals surface area (Å²) >= 11 is 0. The number of hydrogen-bond acceptors (Lipinski definition) is 14. The molecule has 28 heteroatoms. The molecule has 71 heavy (non-hydrogen) atoms. The maximum absolute atomic E-state index is 14.4. The summed E-state index contributed by atoms with van der Waals surface area (Å²) in [5, 5.41) is 36.9. The number of carbonyl (C=O) groups excluding carboxylic acids is 6. The fraction of sp³-hybridized carbons (Fsp3) is 0.163. The van der Waals surface area contributed by atoms with Crippen LogP contribution in [0.2, 0.25) is 0 Å². The van der Waals surface area contributed by atoms with Crippen molar-refractivity contribution < 1.29 is 39.0 Å². The number of nitrogens with zero attached hydrogens (tertiary/aromatic N) is 5.